The molecule has 1 N–H and O–H groups in total. The van der Waals surface area contributed by atoms with Crippen molar-refractivity contribution in [3.8, 4) is 0 Å². The summed E-state index contributed by atoms with van der Waals surface area (Å²) in [6.07, 6.45) is 0. The highest BCUT2D eigenvalue weighted by Crippen LogP contribution is 2.36. The Morgan fingerprint density at radius 3 is 2.48 bits per heavy atom. The minimum absolute atomic E-state index is 0. The maximum absolute atomic E-state index is 14.2. The summed E-state index contributed by atoms with van der Waals surface area (Å²) in [5.74, 6) is -0.152. The SMILES string of the molecule is Cl.Fc1ccccc1[C@@H](c1ccc(Cl)s1)N1CCNCC1. The van der Waals surface area contributed by atoms with Crippen LogP contribution in [0.5, 0.6) is 0 Å². The molecule has 1 atom stereocenters. The maximum Gasteiger partial charge on any atom is 0.128 e. The van der Waals surface area contributed by atoms with E-state index in [1.165, 1.54) is 17.4 Å². The number of nitrogens with one attached hydrogen (secondary N) is 1. The third-order valence-electron chi connectivity index (χ3n) is 3.58. The van der Waals surface area contributed by atoms with Crippen LogP contribution in [0.3, 0.4) is 0 Å². The van der Waals surface area contributed by atoms with E-state index in [0.29, 0.717) is 0 Å². The number of hydrogen-bond acceptors (Lipinski definition) is 3. The first-order valence-corrected chi connectivity index (χ1v) is 7.89. The lowest BCUT2D eigenvalue weighted by atomic mass is 10.0. The monoisotopic (exact) mass is 346 g/mol. The van der Waals surface area contributed by atoms with E-state index in [1.807, 2.05) is 24.3 Å². The fraction of sp³-hybridized carbons (Fsp3) is 0.333. The van der Waals surface area contributed by atoms with Crippen LogP contribution in [-0.4, -0.2) is 31.1 Å². The number of piperazine rings is 1. The molecule has 2 nitrogen and oxygen atoms in total. The molecule has 0 bridgehead atoms. The molecule has 0 unspecified atom stereocenters. The van der Waals surface area contributed by atoms with Crippen LogP contribution < -0.4 is 5.32 Å². The molecule has 1 fully saturated rings. The first kappa shape index (κ1) is 16.7. The van der Waals surface area contributed by atoms with E-state index >= 15 is 0 Å². The summed E-state index contributed by atoms with van der Waals surface area (Å²) in [4.78, 5) is 3.42. The van der Waals surface area contributed by atoms with Crippen LogP contribution in [0.15, 0.2) is 36.4 Å². The molecule has 1 saturated heterocycles. The van der Waals surface area contributed by atoms with Crippen LogP contribution in [-0.2, 0) is 0 Å². The van der Waals surface area contributed by atoms with Crippen molar-refractivity contribution < 1.29 is 4.39 Å². The lowest BCUT2D eigenvalue weighted by Crippen LogP contribution is -2.45. The van der Waals surface area contributed by atoms with Crippen molar-refractivity contribution in [2.75, 3.05) is 26.2 Å². The summed E-state index contributed by atoms with van der Waals surface area (Å²) in [5, 5.41) is 3.33. The zero-order chi connectivity index (χ0) is 13.9. The second kappa shape index (κ2) is 7.56. The van der Waals surface area contributed by atoms with Crippen molar-refractivity contribution in [3.63, 3.8) is 0 Å². The van der Waals surface area contributed by atoms with Gasteiger partial charge in [-0.05, 0) is 18.2 Å². The van der Waals surface area contributed by atoms with E-state index in [9.17, 15) is 4.39 Å². The molecule has 6 heteroatoms. The Hall–Kier alpha value is -0.650. The lowest BCUT2D eigenvalue weighted by molar-refractivity contribution is 0.197. The summed E-state index contributed by atoms with van der Waals surface area (Å²) < 4.78 is 15.0. The smallest absolute Gasteiger partial charge is 0.128 e. The Balaban J connectivity index is 0.00000161. The number of nitrogens with zero attached hydrogens (tertiary/aromatic N) is 1. The predicted molar refractivity (Wildman–Crippen MR) is 89.3 cm³/mol. The van der Waals surface area contributed by atoms with Crippen molar-refractivity contribution in [1.29, 1.82) is 0 Å². The van der Waals surface area contributed by atoms with Crippen LogP contribution in [0.25, 0.3) is 0 Å². The first-order chi connectivity index (χ1) is 9.75. The molecule has 1 aromatic carbocycles. The van der Waals surface area contributed by atoms with E-state index < -0.39 is 0 Å². The minimum atomic E-state index is -0.152. The van der Waals surface area contributed by atoms with Crippen molar-refractivity contribution in [3.05, 3.63) is 57.0 Å². The van der Waals surface area contributed by atoms with Crippen LogP contribution in [0, 0.1) is 5.82 Å². The third-order valence-corrected chi connectivity index (χ3v) is 4.86. The molecule has 0 spiro atoms. The van der Waals surface area contributed by atoms with E-state index in [0.717, 1.165) is 41.0 Å². The Labute approximate surface area is 139 Å². The van der Waals surface area contributed by atoms with Gasteiger partial charge < -0.3 is 5.32 Å². The quantitative estimate of drug-likeness (QED) is 0.904. The number of thiophene rings is 1. The Morgan fingerprint density at radius 2 is 1.86 bits per heavy atom. The Kier molecular flexibility index (Phi) is 6.02. The van der Waals surface area contributed by atoms with E-state index in [4.69, 9.17) is 11.6 Å². The van der Waals surface area contributed by atoms with Crippen molar-refractivity contribution in [2.45, 2.75) is 6.04 Å². The maximum atomic E-state index is 14.2. The second-order valence-electron chi connectivity index (χ2n) is 4.85. The van der Waals surface area contributed by atoms with Crippen LogP contribution >= 0.6 is 35.3 Å². The molecular weight excluding hydrogens is 330 g/mol. The predicted octanol–water partition coefficient (Wildman–Crippen LogP) is 3.96. The zero-order valence-electron chi connectivity index (χ0n) is 11.4. The molecule has 114 valence electrons. The normalized spacial score (nSPS) is 17.2. The van der Waals surface area contributed by atoms with Crippen LogP contribution in [0.4, 0.5) is 4.39 Å². The van der Waals surface area contributed by atoms with Gasteiger partial charge in [0.25, 0.3) is 0 Å². The highest BCUT2D eigenvalue weighted by molar-refractivity contribution is 7.16. The summed E-state index contributed by atoms with van der Waals surface area (Å²) in [6.45, 7) is 3.69. The first-order valence-electron chi connectivity index (χ1n) is 6.70. The molecule has 0 saturated carbocycles. The fourth-order valence-electron chi connectivity index (χ4n) is 2.64. The van der Waals surface area contributed by atoms with Crippen LogP contribution in [0.2, 0.25) is 4.34 Å². The van der Waals surface area contributed by atoms with Gasteiger partial charge in [0, 0.05) is 36.6 Å². The van der Waals surface area contributed by atoms with E-state index in [2.05, 4.69) is 10.2 Å². The third kappa shape index (κ3) is 3.76. The van der Waals surface area contributed by atoms with Gasteiger partial charge in [-0.1, -0.05) is 29.8 Å². The Morgan fingerprint density at radius 1 is 1.14 bits per heavy atom. The van der Waals surface area contributed by atoms with Gasteiger partial charge in [-0.15, -0.1) is 23.7 Å². The van der Waals surface area contributed by atoms with Gasteiger partial charge in [0.2, 0.25) is 0 Å². The van der Waals surface area contributed by atoms with Gasteiger partial charge in [0.15, 0.2) is 0 Å². The van der Waals surface area contributed by atoms with Gasteiger partial charge in [-0.2, -0.15) is 0 Å². The molecule has 21 heavy (non-hydrogen) atoms. The van der Waals surface area contributed by atoms with Gasteiger partial charge in [0.05, 0.1) is 10.4 Å². The van der Waals surface area contributed by atoms with Gasteiger partial charge in [0.1, 0.15) is 5.82 Å². The molecule has 1 aliphatic heterocycles. The van der Waals surface area contributed by atoms with Crippen LogP contribution in [0.1, 0.15) is 16.5 Å². The number of halogens is 3. The number of hydrogen-bond donors (Lipinski definition) is 1. The number of rotatable bonds is 3. The molecule has 2 aromatic rings. The highest BCUT2D eigenvalue weighted by atomic mass is 35.5. The molecule has 3 rings (SSSR count). The van der Waals surface area contributed by atoms with Gasteiger partial charge >= 0.3 is 0 Å². The van der Waals surface area contributed by atoms with Gasteiger partial charge in [-0.25, -0.2) is 4.39 Å². The van der Waals surface area contributed by atoms with Crippen molar-refractivity contribution in [2.24, 2.45) is 0 Å². The summed E-state index contributed by atoms with van der Waals surface area (Å²) in [5.41, 5.74) is 0.730. The molecular formula is C15H17Cl2FN2S. The molecule has 1 aliphatic rings. The van der Waals surface area contributed by atoms with E-state index in [-0.39, 0.29) is 24.3 Å². The van der Waals surface area contributed by atoms with Crippen molar-refractivity contribution >= 4 is 35.3 Å². The standard InChI is InChI=1S/C15H16ClFN2S.ClH/c16-14-6-5-13(20-14)15(19-9-7-18-8-10-19)11-3-1-2-4-12(11)17;/h1-6,15,18H,7-10H2;1H/t15-;/m0./s1. The molecule has 1 aromatic heterocycles. The number of benzene rings is 1. The topological polar surface area (TPSA) is 15.3 Å². The summed E-state index contributed by atoms with van der Waals surface area (Å²) >= 11 is 7.59. The molecule has 0 aliphatic carbocycles. The average molecular weight is 347 g/mol. The summed E-state index contributed by atoms with van der Waals surface area (Å²) in [6, 6.07) is 10.9. The van der Waals surface area contributed by atoms with E-state index in [1.54, 1.807) is 6.07 Å². The highest BCUT2D eigenvalue weighted by Gasteiger charge is 2.27. The fourth-order valence-corrected chi connectivity index (χ4v) is 3.86. The molecule has 0 radical (unpaired) electrons. The largest absolute Gasteiger partial charge is 0.314 e. The minimum Gasteiger partial charge on any atom is -0.314 e. The van der Waals surface area contributed by atoms with Gasteiger partial charge in [-0.3, -0.25) is 4.90 Å². The lowest BCUT2D eigenvalue weighted by Gasteiger charge is -2.34. The zero-order valence-corrected chi connectivity index (χ0v) is 13.8. The second-order valence-corrected chi connectivity index (χ2v) is 6.60. The summed E-state index contributed by atoms with van der Waals surface area (Å²) in [7, 11) is 0. The molecule has 2 heterocycles. The average Bonchev–Trinajstić information content (AvgIpc) is 2.89. The van der Waals surface area contributed by atoms with Crippen molar-refractivity contribution in [1.82, 2.24) is 10.2 Å². The Bertz CT molecular complexity index is 585. The molecule has 0 amide bonds.